The minimum Gasteiger partial charge on any atom is -0.377 e. The minimum absolute atomic E-state index is 0.681. The van der Waals surface area contributed by atoms with Crippen molar-refractivity contribution in [3.63, 3.8) is 0 Å². The second kappa shape index (κ2) is 7.96. The van der Waals surface area contributed by atoms with Gasteiger partial charge >= 0.3 is 0 Å². The standard InChI is InChI=1S/C17H25N3O/c1-4-20-17(10-14(3)19-20)12-18-11-15-8-6-7-9-16(15)13-21-5-2/h6-10,18H,4-5,11-13H2,1-3H3. The Hall–Kier alpha value is -1.65. The molecule has 2 aromatic rings. The molecule has 114 valence electrons. The highest BCUT2D eigenvalue weighted by molar-refractivity contribution is 5.26. The number of benzene rings is 1. The van der Waals surface area contributed by atoms with Gasteiger partial charge in [-0.1, -0.05) is 24.3 Å². The lowest BCUT2D eigenvalue weighted by Crippen LogP contribution is -2.17. The summed E-state index contributed by atoms with van der Waals surface area (Å²) in [6.07, 6.45) is 0. The molecule has 0 aliphatic heterocycles. The fraction of sp³-hybridized carbons (Fsp3) is 0.471. The third kappa shape index (κ3) is 4.41. The van der Waals surface area contributed by atoms with Gasteiger partial charge < -0.3 is 10.1 Å². The Morgan fingerprint density at radius 2 is 1.90 bits per heavy atom. The predicted octanol–water partition coefficient (Wildman–Crippen LogP) is 3.04. The number of ether oxygens (including phenoxy) is 1. The van der Waals surface area contributed by atoms with Gasteiger partial charge in [-0.05, 0) is 38.0 Å². The van der Waals surface area contributed by atoms with E-state index in [1.807, 2.05) is 13.8 Å². The van der Waals surface area contributed by atoms with E-state index in [4.69, 9.17) is 4.74 Å². The largest absolute Gasteiger partial charge is 0.377 e. The topological polar surface area (TPSA) is 39.1 Å². The second-order valence-corrected chi connectivity index (χ2v) is 5.10. The predicted molar refractivity (Wildman–Crippen MR) is 85.0 cm³/mol. The number of hydrogen-bond donors (Lipinski definition) is 1. The molecule has 1 aromatic heterocycles. The molecule has 0 saturated heterocycles. The molecule has 0 unspecified atom stereocenters. The van der Waals surface area contributed by atoms with Crippen LogP contribution in [0.1, 0.15) is 36.4 Å². The summed E-state index contributed by atoms with van der Waals surface area (Å²) in [5, 5.41) is 7.98. The Labute approximate surface area is 127 Å². The van der Waals surface area contributed by atoms with Gasteiger partial charge in [0, 0.05) is 26.2 Å². The highest BCUT2D eigenvalue weighted by Crippen LogP contribution is 2.11. The van der Waals surface area contributed by atoms with Crippen LogP contribution in [0.15, 0.2) is 30.3 Å². The molecule has 0 spiro atoms. The third-order valence-electron chi connectivity index (χ3n) is 3.49. The molecule has 0 aliphatic carbocycles. The molecule has 2 rings (SSSR count). The van der Waals surface area contributed by atoms with Gasteiger partial charge in [-0.25, -0.2) is 0 Å². The summed E-state index contributed by atoms with van der Waals surface area (Å²) >= 11 is 0. The van der Waals surface area contributed by atoms with Gasteiger partial charge in [0.25, 0.3) is 0 Å². The van der Waals surface area contributed by atoms with Crippen molar-refractivity contribution >= 4 is 0 Å². The number of hydrogen-bond acceptors (Lipinski definition) is 3. The van der Waals surface area contributed by atoms with Crippen molar-refractivity contribution in [3.05, 3.63) is 52.8 Å². The Bertz CT molecular complexity index is 563. The van der Waals surface area contributed by atoms with Crippen molar-refractivity contribution in [2.75, 3.05) is 6.61 Å². The zero-order valence-corrected chi connectivity index (χ0v) is 13.2. The molecule has 1 heterocycles. The molecule has 0 saturated carbocycles. The van der Waals surface area contributed by atoms with E-state index in [1.54, 1.807) is 0 Å². The Morgan fingerprint density at radius 3 is 2.62 bits per heavy atom. The van der Waals surface area contributed by atoms with Crippen molar-refractivity contribution < 1.29 is 4.74 Å². The molecule has 0 atom stereocenters. The summed E-state index contributed by atoms with van der Waals surface area (Å²) in [6.45, 7) is 10.2. The van der Waals surface area contributed by atoms with E-state index >= 15 is 0 Å². The van der Waals surface area contributed by atoms with Crippen LogP contribution in [0.25, 0.3) is 0 Å². The van der Waals surface area contributed by atoms with Crippen LogP contribution >= 0.6 is 0 Å². The lowest BCUT2D eigenvalue weighted by atomic mass is 10.1. The van der Waals surface area contributed by atoms with Crippen LogP contribution in [0.4, 0.5) is 0 Å². The quantitative estimate of drug-likeness (QED) is 0.811. The summed E-state index contributed by atoms with van der Waals surface area (Å²) < 4.78 is 7.57. The smallest absolute Gasteiger partial charge is 0.0719 e. The first-order valence-electron chi connectivity index (χ1n) is 7.63. The van der Waals surface area contributed by atoms with Crippen molar-refractivity contribution in [1.82, 2.24) is 15.1 Å². The molecule has 0 fully saturated rings. The van der Waals surface area contributed by atoms with Crippen LogP contribution < -0.4 is 5.32 Å². The van der Waals surface area contributed by atoms with Crippen LogP contribution in [0, 0.1) is 6.92 Å². The Morgan fingerprint density at radius 1 is 1.14 bits per heavy atom. The SMILES string of the molecule is CCOCc1ccccc1CNCc1cc(C)nn1CC. The van der Waals surface area contributed by atoms with Gasteiger partial charge in [-0.2, -0.15) is 5.10 Å². The Kier molecular flexibility index (Phi) is 5.96. The number of nitrogens with one attached hydrogen (secondary N) is 1. The van der Waals surface area contributed by atoms with Crippen molar-refractivity contribution in [2.24, 2.45) is 0 Å². The first-order chi connectivity index (χ1) is 10.2. The highest BCUT2D eigenvalue weighted by atomic mass is 16.5. The fourth-order valence-electron chi connectivity index (χ4n) is 2.42. The molecule has 4 heteroatoms. The zero-order chi connectivity index (χ0) is 15.1. The van der Waals surface area contributed by atoms with Crippen molar-refractivity contribution in [2.45, 2.75) is 47.0 Å². The first-order valence-corrected chi connectivity index (χ1v) is 7.63. The lowest BCUT2D eigenvalue weighted by molar-refractivity contribution is 0.133. The summed E-state index contributed by atoms with van der Waals surface area (Å²) in [7, 11) is 0. The van der Waals surface area contributed by atoms with E-state index in [2.05, 4.69) is 52.4 Å². The van der Waals surface area contributed by atoms with Gasteiger partial charge in [0.2, 0.25) is 0 Å². The maximum Gasteiger partial charge on any atom is 0.0719 e. The Balaban J connectivity index is 1.94. The normalized spacial score (nSPS) is 11.0. The van der Waals surface area contributed by atoms with E-state index in [0.29, 0.717) is 6.61 Å². The zero-order valence-electron chi connectivity index (χ0n) is 13.2. The molecule has 0 radical (unpaired) electrons. The summed E-state index contributed by atoms with van der Waals surface area (Å²) in [4.78, 5) is 0. The van der Waals surface area contributed by atoms with E-state index in [1.165, 1.54) is 16.8 Å². The van der Waals surface area contributed by atoms with Gasteiger partial charge in [-0.3, -0.25) is 4.68 Å². The molecule has 1 N–H and O–H groups in total. The highest BCUT2D eigenvalue weighted by Gasteiger charge is 2.05. The fourth-order valence-corrected chi connectivity index (χ4v) is 2.42. The van der Waals surface area contributed by atoms with Gasteiger partial charge in [0.15, 0.2) is 0 Å². The summed E-state index contributed by atoms with van der Waals surface area (Å²) in [5.41, 5.74) is 4.86. The minimum atomic E-state index is 0.681. The second-order valence-electron chi connectivity index (χ2n) is 5.10. The van der Waals surface area contributed by atoms with Crippen molar-refractivity contribution in [3.8, 4) is 0 Å². The van der Waals surface area contributed by atoms with Crippen LogP contribution in [0.5, 0.6) is 0 Å². The summed E-state index contributed by atoms with van der Waals surface area (Å²) in [5.74, 6) is 0. The lowest BCUT2D eigenvalue weighted by Gasteiger charge is -2.11. The first kappa shape index (κ1) is 15.7. The van der Waals surface area contributed by atoms with Gasteiger partial charge in [0.05, 0.1) is 18.0 Å². The molecular weight excluding hydrogens is 262 g/mol. The third-order valence-corrected chi connectivity index (χ3v) is 3.49. The number of nitrogens with zero attached hydrogens (tertiary/aromatic N) is 2. The molecule has 1 aromatic carbocycles. The molecule has 0 amide bonds. The molecular formula is C17H25N3O. The van der Waals surface area contributed by atoms with Crippen LogP contribution in [-0.4, -0.2) is 16.4 Å². The molecule has 21 heavy (non-hydrogen) atoms. The molecule has 0 aliphatic rings. The van der Waals surface area contributed by atoms with Gasteiger partial charge in [0.1, 0.15) is 0 Å². The number of aryl methyl sites for hydroxylation is 2. The average molecular weight is 287 g/mol. The van der Waals surface area contributed by atoms with Crippen LogP contribution in [0.3, 0.4) is 0 Å². The molecule has 4 nitrogen and oxygen atoms in total. The van der Waals surface area contributed by atoms with Gasteiger partial charge in [-0.15, -0.1) is 0 Å². The van der Waals surface area contributed by atoms with E-state index in [-0.39, 0.29) is 0 Å². The number of rotatable bonds is 8. The summed E-state index contributed by atoms with van der Waals surface area (Å²) in [6, 6.07) is 10.6. The molecule has 0 bridgehead atoms. The maximum absolute atomic E-state index is 5.52. The maximum atomic E-state index is 5.52. The van der Waals surface area contributed by atoms with E-state index in [9.17, 15) is 0 Å². The average Bonchev–Trinajstić information content (AvgIpc) is 2.86. The van der Waals surface area contributed by atoms with E-state index in [0.717, 1.165) is 31.9 Å². The van der Waals surface area contributed by atoms with Crippen LogP contribution in [-0.2, 0) is 31.0 Å². The van der Waals surface area contributed by atoms with Crippen LogP contribution in [0.2, 0.25) is 0 Å². The monoisotopic (exact) mass is 287 g/mol. The van der Waals surface area contributed by atoms with Crippen molar-refractivity contribution in [1.29, 1.82) is 0 Å². The number of aromatic nitrogens is 2. The van der Waals surface area contributed by atoms with E-state index < -0.39 is 0 Å².